The molecule has 8 heteroatoms. The third kappa shape index (κ3) is 10.5. The lowest BCUT2D eigenvalue weighted by Crippen LogP contribution is -2.60. The van der Waals surface area contributed by atoms with Crippen LogP contribution in [-0.2, 0) is 38.1 Å². The highest BCUT2D eigenvalue weighted by atomic mass is 16.6. The summed E-state index contributed by atoms with van der Waals surface area (Å²) in [5, 5.41) is 0. The molecule has 0 N–H and O–H groups in total. The SMILES string of the molecule is CCCCCCC1(OC(=O)COC(=O)C(C)(C)CC)C2CC3CC(C2)CC1C3.CCCCCCC1(OC(=O)COC(=O)C(C)CC)C2CC3CC(C2)CC1C3. The summed E-state index contributed by atoms with van der Waals surface area (Å²) in [6.07, 6.45) is 25.6. The zero-order chi connectivity index (χ0) is 39.8. The first-order chi connectivity index (χ1) is 26.3. The van der Waals surface area contributed by atoms with Gasteiger partial charge >= 0.3 is 23.9 Å². The van der Waals surface area contributed by atoms with Gasteiger partial charge in [-0.25, -0.2) is 9.59 Å². The lowest BCUT2D eigenvalue weighted by atomic mass is 9.49. The predicted molar refractivity (Wildman–Crippen MR) is 215 cm³/mol. The van der Waals surface area contributed by atoms with Crippen molar-refractivity contribution in [2.45, 2.75) is 201 Å². The minimum absolute atomic E-state index is 0.165. The van der Waals surface area contributed by atoms with Crippen LogP contribution in [0.5, 0.6) is 0 Å². The van der Waals surface area contributed by atoms with Crippen molar-refractivity contribution in [3.05, 3.63) is 0 Å². The Labute approximate surface area is 334 Å². The zero-order valence-corrected chi connectivity index (χ0v) is 35.9. The highest BCUT2D eigenvalue weighted by molar-refractivity contribution is 5.80. The molecule has 55 heavy (non-hydrogen) atoms. The van der Waals surface area contributed by atoms with Gasteiger partial charge in [0.1, 0.15) is 11.2 Å². The van der Waals surface area contributed by atoms with E-state index in [0.29, 0.717) is 30.1 Å². The highest BCUT2D eigenvalue weighted by Gasteiger charge is 2.60. The van der Waals surface area contributed by atoms with Crippen molar-refractivity contribution in [2.24, 2.45) is 58.7 Å². The van der Waals surface area contributed by atoms with Crippen LogP contribution >= 0.6 is 0 Å². The van der Waals surface area contributed by atoms with Crippen molar-refractivity contribution < 1.29 is 38.1 Å². The van der Waals surface area contributed by atoms with E-state index in [4.69, 9.17) is 18.9 Å². The van der Waals surface area contributed by atoms with Crippen LogP contribution in [0.3, 0.4) is 0 Å². The fourth-order valence-corrected chi connectivity index (χ4v) is 12.3. The van der Waals surface area contributed by atoms with Crippen LogP contribution in [0.2, 0.25) is 0 Å². The number of esters is 4. The van der Waals surface area contributed by atoms with E-state index in [1.165, 1.54) is 103 Å². The van der Waals surface area contributed by atoms with Gasteiger partial charge in [-0.15, -0.1) is 0 Å². The van der Waals surface area contributed by atoms with E-state index in [1.807, 2.05) is 34.6 Å². The molecular weight excluding hydrogens is 693 g/mol. The average molecular weight is 771 g/mol. The highest BCUT2D eigenvalue weighted by Crippen LogP contribution is 2.62. The molecule has 0 aromatic rings. The lowest BCUT2D eigenvalue weighted by Gasteiger charge is -2.60. The zero-order valence-electron chi connectivity index (χ0n) is 35.9. The molecule has 314 valence electrons. The third-order valence-corrected chi connectivity index (χ3v) is 15.6. The maximum Gasteiger partial charge on any atom is 0.344 e. The van der Waals surface area contributed by atoms with E-state index in [0.717, 1.165) is 55.8 Å². The first-order valence-corrected chi connectivity index (χ1v) is 23.1. The summed E-state index contributed by atoms with van der Waals surface area (Å²) in [7, 11) is 0. The van der Waals surface area contributed by atoms with Crippen LogP contribution in [-0.4, -0.2) is 48.3 Å². The smallest absolute Gasteiger partial charge is 0.344 e. The quantitative estimate of drug-likeness (QED) is 0.0684. The maximum atomic E-state index is 12.7. The molecule has 0 aliphatic heterocycles. The van der Waals surface area contributed by atoms with E-state index in [1.54, 1.807) is 0 Å². The molecule has 0 aromatic heterocycles. The summed E-state index contributed by atoms with van der Waals surface area (Å²) in [4.78, 5) is 49.5. The van der Waals surface area contributed by atoms with E-state index in [-0.39, 0.29) is 54.2 Å². The van der Waals surface area contributed by atoms with Gasteiger partial charge in [-0.1, -0.05) is 73.1 Å². The molecule has 0 spiro atoms. The van der Waals surface area contributed by atoms with E-state index >= 15 is 0 Å². The first kappa shape index (κ1) is 44.0. The molecule has 1 unspecified atom stereocenters. The van der Waals surface area contributed by atoms with Crippen molar-refractivity contribution in [1.29, 1.82) is 0 Å². The molecule has 0 aromatic carbocycles. The molecular formula is C47H78O8. The van der Waals surface area contributed by atoms with Crippen LogP contribution in [0.4, 0.5) is 0 Å². The van der Waals surface area contributed by atoms with Crippen LogP contribution in [0, 0.1) is 58.7 Å². The van der Waals surface area contributed by atoms with E-state index in [2.05, 4.69) is 13.8 Å². The Morgan fingerprint density at radius 1 is 0.564 bits per heavy atom. The monoisotopic (exact) mass is 771 g/mol. The second kappa shape index (κ2) is 19.6. The van der Waals surface area contributed by atoms with Gasteiger partial charge in [0.2, 0.25) is 0 Å². The maximum absolute atomic E-state index is 12.7. The largest absolute Gasteiger partial charge is 0.456 e. The molecule has 8 saturated carbocycles. The molecule has 8 bridgehead atoms. The van der Waals surface area contributed by atoms with Crippen LogP contribution in [0.1, 0.15) is 190 Å². The lowest BCUT2D eigenvalue weighted by molar-refractivity contribution is -0.216. The normalized spacial score (nSPS) is 34.4. The second-order valence-corrected chi connectivity index (χ2v) is 19.8. The van der Waals surface area contributed by atoms with Gasteiger partial charge in [0, 0.05) is 0 Å². The van der Waals surface area contributed by atoms with Gasteiger partial charge in [0.05, 0.1) is 11.3 Å². The molecule has 0 amide bonds. The Morgan fingerprint density at radius 3 is 1.29 bits per heavy atom. The molecule has 1 atom stereocenters. The Kier molecular flexibility index (Phi) is 15.6. The molecule has 8 nitrogen and oxygen atoms in total. The number of hydrogen-bond acceptors (Lipinski definition) is 8. The molecule has 0 saturated heterocycles. The topological polar surface area (TPSA) is 105 Å². The van der Waals surface area contributed by atoms with Gasteiger partial charge in [-0.2, -0.15) is 0 Å². The van der Waals surface area contributed by atoms with E-state index < -0.39 is 5.41 Å². The van der Waals surface area contributed by atoms with Crippen LogP contribution in [0.25, 0.3) is 0 Å². The van der Waals surface area contributed by atoms with Crippen LogP contribution < -0.4 is 0 Å². The van der Waals surface area contributed by atoms with Crippen molar-refractivity contribution >= 4 is 23.9 Å². The van der Waals surface area contributed by atoms with Crippen molar-refractivity contribution in [2.75, 3.05) is 13.2 Å². The average Bonchev–Trinajstić information content (AvgIpc) is 3.16. The Morgan fingerprint density at radius 2 is 0.945 bits per heavy atom. The summed E-state index contributed by atoms with van der Waals surface area (Å²) >= 11 is 0. The number of hydrogen-bond donors (Lipinski definition) is 0. The predicted octanol–water partition coefficient (Wildman–Crippen LogP) is 11.0. The third-order valence-electron chi connectivity index (χ3n) is 15.6. The Bertz CT molecular complexity index is 1230. The Hall–Kier alpha value is -2.12. The van der Waals surface area contributed by atoms with Crippen molar-refractivity contribution in [1.82, 2.24) is 0 Å². The molecule has 0 heterocycles. The summed E-state index contributed by atoms with van der Waals surface area (Å²) in [5.74, 6) is 3.98. The number of rotatable bonds is 20. The Balaban J connectivity index is 0.000000211. The summed E-state index contributed by atoms with van der Waals surface area (Å²) in [6.45, 7) is 13.4. The number of carbonyl (C=O) groups is 4. The minimum Gasteiger partial charge on any atom is -0.456 e. The van der Waals surface area contributed by atoms with E-state index in [9.17, 15) is 19.2 Å². The minimum atomic E-state index is -0.555. The molecule has 8 aliphatic rings. The number of unbranched alkanes of at least 4 members (excludes halogenated alkanes) is 6. The van der Waals surface area contributed by atoms with Gasteiger partial charge in [0.15, 0.2) is 13.2 Å². The van der Waals surface area contributed by atoms with Crippen molar-refractivity contribution in [3.8, 4) is 0 Å². The molecule has 8 aliphatic carbocycles. The number of ether oxygens (including phenoxy) is 4. The fraction of sp³-hybridized carbons (Fsp3) is 0.915. The standard InChI is InChI=1S/C24H40O4.C23H38O4/c1-5-7-8-9-10-24(19-12-17-11-18(14-19)15-20(24)13-17)28-21(25)16-27-22(26)23(3,4)6-2;1-4-6-7-8-9-23(27-21(24)15-26-22(25)16(3)5-2)19-11-17-10-18(13-19)14-20(23)12-17/h17-20H,5-16H2,1-4H3;16-20H,4-15H2,1-3H3. The first-order valence-electron chi connectivity index (χ1n) is 23.1. The van der Waals surface area contributed by atoms with Crippen LogP contribution in [0.15, 0.2) is 0 Å². The summed E-state index contributed by atoms with van der Waals surface area (Å²) in [5.41, 5.74) is -1.15. The molecule has 8 fully saturated rings. The molecule has 8 rings (SSSR count). The second-order valence-electron chi connectivity index (χ2n) is 19.8. The molecule has 0 radical (unpaired) electrons. The summed E-state index contributed by atoms with van der Waals surface area (Å²) < 4.78 is 23.1. The van der Waals surface area contributed by atoms with Crippen molar-refractivity contribution in [3.63, 3.8) is 0 Å². The fourth-order valence-electron chi connectivity index (χ4n) is 12.3. The van der Waals surface area contributed by atoms with Gasteiger partial charge in [0.25, 0.3) is 0 Å². The van der Waals surface area contributed by atoms with Gasteiger partial charge < -0.3 is 18.9 Å². The summed E-state index contributed by atoms with van der Waals surface area (Å²) in [6, 6.07) is 0. The number of carbonyl (C=O) groups excluding carboxylic acids is 4. The van der Waals surface area contributed by atoms with Gasteiger partial charge in [-0.05, 0) is 164 Å². The van der Waals surface area contributed by atoms with Gasteiger partial charge in [-0.3, -0.25) is 9.59 Å².